The number of aromatic nitrogens is 3. The van der Waals surface area contributed by atoms with Gasteiger partial charge in [-0.05, 0) is 13.3 Å². The van der Waals surface area contributed by atoms with Gasteiger partial charge in [-0.15, -0.1) is 11.3 Å². The molecule has 0 radical (unpaired) electrons. The molecule has 2 atom stereocenters. The smallest absolute Gasteiger partial charge is 0.287 e. The first-order chi connectivity index (χ1) is 10.7. The topological polar surface area (TPSA) is 89.1 Å². The molecule has 2 aromatic rings. The van der Waals surface area contributed by atoms with E-state index in [4.69, 9.17) is 9.47 Å². The second-order valence-corrected chi connectivity index (χ2v) is 5.91. The van der Waals surface area contributed by atoms with E-state index in [1.165, 1.54) is 11.3 Å². The SMILES string of the molecule is Cc1cnc(C(=O)N[C@@H]2CCOC[C@H]2OCc2cscn2)[nH]1. The van der Waals surface area contributed by atoms with Crippen molar-refractivity contribution in [1.82, 2.24) is 20.3 Å². The van der Waals surface area contributed by atoms with Crippen LogP contribution in [0, 0.1) is 6.92 Å². The average Bonchev–Trinajstić information content (AvgIpc) is 3.17. The number of thiazole rings is 1. The highest BCUT2D eigenvalue weighted by molar-refractivity contribution is 7.07. The Bertz CT molecular complexity index is 613. The number of ether oxygens (including phenoxy) is 2. The molecule has 2 aromatic heterocycles. The number of aromatic amines is 1. The summed E-state index contributed by atoms with van der Waals surface area (Å²) in [5.74, 6) is 0.101. The maximum Gasteiger partial charge on any atom is 0.287 e. The molecular formula is C14H18N4O3S. The quantitative estimate of drug-likeness (QED) is 0.865. The Morgan fingerprint density at radius 2 is 2.50 bits per heavy atom. The Hall–Kier alpha value is -1.77. The normalized spacial score (nSPS) is 21.7. The molecule has 0 spiro atoms. The minimum atomic E-state index is -0.220. The summed E-state index contributed by atoms with van der Waals surface area (Å²) in [4.78, 5) is 23.4. The molecule has 3 rings (SSSR count). The second-order valence-electron chi connectivity index (χ2n) is 5.19. The van der Waals surface area contributed by atoms with Crippen LogP contribution < -0.4 is 5.32 Å². The molecule has 1 fully saturated rings. The first kappa shape index (κ1) is 15.1. The summed E-state index contributed by atoms with van der Waals surface area (Å²) in [5.41, 5.74) is 3.52. The van der Waals surface area contributed by atoms with Crippen LogP contribution in [0.4, 0.5) is 0 Å². The summed E-state index contributed by atoms with van der Waals surface area (Å²) in [6.07, 6.45) is 2.16. The number of hydrogen-bond donors (Lipinski definition) is 2. The fraction of sp³-hybridized carbons (Fsp3) is 0.500. The van der Waals surface area contributed by atoms with Gasteiger partial charge in [0.2, 0.25) is 0 Å². The summed E-state index contributed by atoms with van der Waals surface area (Å²) in [6, 6.07) is -0.0923. The zero-order valence-corrected chi connectivity index (χ0v) is 13.1. The fourth-order valence-electron chi connectivity index (χ4n) is 2.31. The molecule has 0 aliphatic carbocycles. The number of H-pyrrole nitrogens is 1. The van der Waals surface area contributed by atoms with Gasteiger partial charge in [-0.2, -0.15) is 0 Å². The van der Waals surface area contributed by atoms with Gasteiger partial charge in [0.15, 0.2) is 5.82 Å². The van der Waals surface area contributed by atoms with E-state index in [-0.39, 0.29) is 18.1 Å². The lowest BCUT2D eigenvalue weighted by Crippen LogP contribution is -2.50. The van der Waals surface area contributed by atoms with Crippen molar-refractivity contribution in [1.29, 1.82) is 0 Å². The molecule has 22 heavy (non-hydrogen) atoms. The van der Waals surface area contributed by atoms with Crippen LogP contribution >= 0.6 is 11.3 Å². The zero-order chi connectivity index (χ0) is 15.4. The second kappa shape index (κ2) is 6.99. The van der Waals surface area contributed by atoms with Crippen LogP contribution in [0.25, 0.3) is 0 Å². The number of hydrogen-bond acceptors (Lipinski definition) is 6. The number of nitrogens with zero attached hydrogens (tertiary/aromatic N) is 2. The van der Waals surface area contributed by atoms with Crippen molar-refractivity contribution in [2.24, 2.45) is 0 Å². The molecule has 0 aromatic carbocycles. The third-order valence-corrected chi connectivity index (χ3v) is 4.10. The third-order valence-electron chi connectivity index (χ3n) is 3.47. The highest BCUT2D eigenvalue weighted by atomic mass is 32.1. The summed E-state index contributed by atoms with van der Waals surface area (Å²) < 4.78 is 11.3. The minimum absolute atomic E-state index is 0.0923. The standard InChI is InChI=1S/C14H18N4O3S/c1-9-4-15-13(17-9)14(19)18-11-2-3-20-6-12(11)21-5-10-7-22-8-16-10/h4,7-8,11-12H,2-3,5-6H2,1H3,(H,15,17)(H,18,19)/t11-,12-/m1/s1. The first-order valence-corrected chi connectivity index (χ1v) is 8.05. The Morgan fingerprint density at radius 3 is 3.23 bits per heavy atom. The van der Waals surface area contributed by atoms with Gasteiger partial charge < -0.3 is 19.8 Å². The van der Waals surface area contributed by atoms with Gasteiger partial charge in [0, 0.05) is 23.9 Å². The van der Waals surface area contributed by atoms with Gasteiger partial charge in [0.05, 0.1) is 30.5 Å². The van der Waals surface area contributed by atoms with E-state index in [9.17, 15) is 4.79 Å². The molecule has 3 heterocycles. The van der Waals surface area contributed by atoms with E-state index in [2.05, 4.69) is 20.3 Å². The highest BCUT2D eigenvalue weighted by Crippen LogP contribution is 2.14. The maximum absolute atomic E-state index is 12.2. The van der Waals surface area contributed by atoms with Crippen molar-refractivity contribution >= 4 is 17.2 Å². The van der Waals surface area contributed by atoms with Crippen LogP contribution in [0.1, 0.15) is 28.4 Å². The van der Waals surface area contributed by atoms with E-state index in [0.29, 0.717) is 32.1 Å². The van der Waals surface area contributed by atoms with Crippen LogP contribution in [-0.2, 0) is 16.1 Å². The van der Waals surface area contributed by atoms with Crippen molar-refractivity contribution in [2.45, 2.75) is 32.1 Å². The summed E-state index contributed by atoms with van der Waals surface area (Å²) in [7, 11) is 0. The van der Waals surface area contributed by atoms with Crippen LogP contribution in [0.2, 0.25) is 0 Å². The largest absolute Gasteiger partial charge is 0.379 e. The number of aryl methyl sites for hydroxylation is 1. The fourth-order valence-corrected chi connectivity index (χ4v) is 2.85. The number of carbonyl (C=O) groups excluding carboxylic acids is 1. The number of imidazole rings is 1. The van der Waals surface area contributed by atoms with E-state index in [1.54, 1.807) is 11.7 Å². The van der Waals surface area contributed by atoms with E-state index < -0.39 is 0 Å². The molecule has 0 saturated carbocycles. The molecule has 0 bridgehead atoms. The Morgan fingerprint density at radius 1 is 1.59 bits per heavy atom. The molecule has 8 heteroatoms. The Balaban J connectivity index is 1.58. The van der Waals surface area contributed by atoms with Crippen molar-refractivity contribution in [3.05, 3.63) is 34.3 Å². The summed E-state index contributed by atoms with van der Waals surface area (Å²) >= 11 is 1.53. The number of amides is 1. The van der Waals surface area contributed by atoms with Gasteiger partial charge >= 0.3 is 0 Å². The molecule has 1 aliphatic heterocycles. The monoisotopic (exact) mass is 322 g/mol. The Kier molecular flexibility index (Phi) is 4.81. The summed E-state index contributed by atoms with van der Waals surface area (Å²) in [5, 5.41) is 4.92. The zero-order valence-electron chi connectivity index (χ0n) is 12.2. The lowest BCUT2D eigenvalue weighted by atomic mass is 10.1. The first-order valence-electron chi connectivity index (χ1n) is 7.11. The molecule has 118 valence electrons. The minimum Gasteiger partial charge on any atom is -0.379 e. The van der Waals surface area contributed by atoms with Gasteiger partial charge in [-0.3, -0.25) is 4.79 Å². The molecule has 0 unspecified atom stereocenters. The molecule has 2 N–H and O–H groups in total. The van der Waals surface area contributed by atoms with Crippen molar-refractivity contribution in [2.75, 3.05) is 13.2 Å². The van der Waals surface area contributed by atoms with Crippen LogP contribution in [0.3, 0.4) is 0 Å². The van der Waals surface area contributed by atoms with Crippen LogP contribution in [0.5, 0.6) is 0 Å². The maximum atomic E-state index is 12.2. The van der Waals surface area contributed by atoms with Gasteiger partial charge in [0.25, 0.3) is 5.91 Å². The van der Waals surface area contributed by atoms with Crippen LogP contribution in [0.15, 0.2) is 17.1 Å². The number of carbonyl (C=O) groups is 1. The lowest BCUT2D eigenvalue weighted by molar-refractivity contribution is -0.0742. The van der Waals surface area contributed by atoms with E-state index in [0.717, 1.165) is 11.4 Å². The van der Waals surface area contributed by atoms with Gasteiger partial charge in [-0.1, -0.05) is 0 Å². The van der Waals surface area contributed by atoms with Crippen LogP contribution in [-0.4, -0.2) is 46.2 Å². The van der Waals surface area contributed by atoms with Gasteiger partial charge in [0.1, 0.15) is 6.10 Å². The van der Waals surface area contributed by atoms with Gasteiger partial charge in [-0.25, -0.2) is 9.97 Å². The van der Waals surface area contributed by atoms with E-state index >= 15 is 0 Å². The predicted molar refractivity (Wildman–Crippen MR) is 80.7 cm³/mol. The molecule has 7 nitrogen and oxygen atoms in total. The molecule has 1 aliphatic rings. The van der Waals surface area contributed by atoms with Crippen molar-refractivity contribution < 1.29 is 14.3 Å². The predicted octanol–water partition coefficient (Wildman–Crippen LogP) is 1.28. The van der Waals surface area contributed by atoms with Crippen molar-refractivity contribution in [3.8, 4) is 0 Å². The number of nitrogens with one attached hydrogen (secondary N) is 2. The molecule has 1 amide bonds. The summed E-state index contributed by atoms with van der Waals surface area (Å²) in [6.45, 7) is 3.35. The van der Waals surface area contributed by atoms with Crippen molar-refractivity contribution in [3.63, 3.8) is 0 Å². The molecular weight excluding hydrogens is 304 g/mol. The third kappa shape index (κ3) is 3.70. The highest BCUT2D eigenvalue weighted by Gasteiger charge is 2.29. The lowest BCUT2D eigenvalue weighted by Gasteiger charge is -2.31. The average molecular weight is 322 g/mol. The Labute approximate surface area is 132 Å². The molecule has 1 saturated heterocycles. The number of rotatable bonds is 5. The van der Waals surface area contributed by atoms with E-state index in [1.807, 2.05) is 12.3 Å².